The van der Waals surface area contributed by atoms with Crippen molar-refractivity contribution in [3.05, 3.63) is 0 Å². The predicted molar refractivity (Wildman–Crippen MR) is 56.9 cm³/mol. The highest BCUT2D eigenvalue weighted by atomic mass is 32.2. The van der Waals surface area contributed by atoms with E-state index in [9.17, 15) is 26.4 Å². The zero-order chi connectivity index (χ0) is 13.8. The summed E-state index contributed by atoms with van der Waals surface area (Å²) in [4.78, 5) is 13.5. The fourth-order valence-electron chi connectivity index (χ4n) is 1.81. The first-order valence-electron chi connectivity index (χ1n) is 5.39. The summed E-state index contributed by atoms with van der Waals surface area (Å²) in [6.45, 7) is 0.185. The van der Waals surface area contributed by atoms with Crippen LogP contribution in [0, 0.1) is 0 Å². The first kappa shape index (κ1) is 15.1. The van der Waals surface area contributed by atoms with Gasteiger partial charge in [0, 0.05) is 13.0 Å². The molecule has 1 atom stereocenters. The number of rotatable bonds is 5. The van der Waals surface area contributed by atoms with E-state index < -0.39 is 41.0 Å². The van der Waals surface area contributed by atoms with Gasteiger partial charge in [0.05, 0.1) is 5.75 Å². The Morgan fingerprint density at radius 2 is 2.06 bits per heavy atom. The highest BCUT2D eigenvalue weighted by molar-refractivity contribution is 7.89. The Balaban J connectivity index is 2.60. The number of isocyanates is 1. The number of aliphatic imine (C=N–C) groups is 1. The second kappa shape index (κ2) is 5.81. The van der Waals surface area contributed by atoms with E-state index in [0.717, 1.165) is 4.31 Å². The minimum absolute atomic E-state index is 0.185. The van der Waals surface area contributed by atoms with E-state index in [2.05, 4.69) is 4.99 Å². The molecule has 5 nitrogen and oxygen atoms in total. The van der Waals surface area contributed by atoms with Crippen LogP contribution >= 0.6 is 0 Å². The SMILES string of the molecule is O=C=NC1CCCN1S(=O)(=O)CCCC(F)(F)F. The van der Waals surface area contributed by atoms with E-state index in [1.54, 1.807) is 0 Å². The lowest BCUT2D eigenvalue weighted by Gasteiger charge is -2.19. The van der Waals surface area contributed by atoms with Crippen molar-refractivity contribution in [2.45, 2.75) is 38.0 Å². The van der Waals surface area contributed by atoms with Crippen LogP contribution in [0.5, 0.6) is 0 Å². The molecule has 0 aromatic rings. The molecule has 1 heterocycles. The summed E-state index contributed by atoms with van der Waals surface area (Å²) in [5, 5.41) is 0. The maximum Gasteiger partial charge on any atom is 0.389 e. The molecule has 18 heavy (non-hydrogen) atoms. The molecule has 1 aliphatic rings. The van der Waals surface area contributed by atoms with Gasteiger partial charge in [-0.2, -0.15) is 22.5 Å². The fraction of sp³-hybridized carbons (Fsp3) is 0.889. The molecule has 9 heteroatoms. The van der Waals surface area contributed by atoms with Gasteiger partial charge in [-0.15, -0.1) is 0 Å². The molecule has 0 spiro atoms. The normalized spacial score (nSPS) is 21.8. The van der Waals surface area contributed by atoms with E-state index >= 15 is 0 Å². The monoisotopic (exact) mass is 286 g/mol. The van der Waals surface area contributed by atoms with Gasteiger partial charge in [0.25, 0.3) is 0 Å². The summed E-state index contributed by atoms with van der Waals surface area (Å²) < 4.78 is 60.3. The topological polar surface area (TPSA) is 66.8 Å². The number of nitrogens with zero attached hydrogens (tertiary/aromatic N) is 2. The predicted octanol–water partition coefficient (Wildman–Crippen LogP) is 1.42. The van der Waals surface area contributed by atoms with E-state index in [1.165, 1.54) is 6.08 Å². The molecule has 1 fully saturated rings. The molecule has 0 aromatic carbocycles. The van der Waals surface area contributed by atoms with Gasteiger partial charge in [-0.25, -0.2) is 13.2 Å². The molecule has 0 bridgehead atoms. The van der Waals surface area contributed by atoms with Crippen molar-refractivity contribution in [3.8, 4) is 0 Å². The standard InChI is InChI=1S/C9H13F3N2O3S/c10-9(11,12)4-2-6-18(16,17)14-5-1-3-8(14)13-7-15/h8H,1-6H2. The maximum atomic E-state index is 11.9. The number of sulfonamides is 1. The first-order valence-corrected chi connectivity index (χ1v) is 7.00. The molecule has 0 N–H and O–H groups in total. The minimum atomic E-state index is -4.36. The van der Waals surface area contributed by atoms with Crippen LogP contribution in [0.1, 0.15) is 25.7 Å². The van der Waals surface area contributed by atoms with Gasteiger partial charge in [0.2, 0.25) is 16.1 Å². The van der Waals surface area contributed by atoms with Crippen molar-refractivity contribution < 1.29 is 26.4 Å². The third-order valence-corrected chi connectivity index (χ3v) is 4.54. The lowest BCUT2D eigenvalue weighted by Crippen LogP contribution is -2.36. The van der Waals surface area contributed by atoms with E-state index in [0.29, 0.717) is 12.8 Å². The number of halogens is 3. The van der Waals surface area contributed by atoms with Crippen LogP contribution in [0.25, 0.3) is 0 Å². The quantitative estimate of drug-likeness (QED) is 0.567. The van der Waals surface area contributed by atoms with Gasteiger partial charge in [0.15, 0.2) is 0 Å². The highest BCUT2D eigenvalue weighted by Gasteiger charge is 2.35. The van der Waals surface area contributed by atoms with E-state index in [-0.39, 0.29) is 6.54 Å². The summed E-state index contributed by atoms with van der Waals surface area (Å²) in [6.07, 6.45) is -4.58. The van der Waals surface area contributed by atoms with Crippen LogP contribution in [0.15, 0.2) is 4.99 Å². The van der Waals surface area contributed by atoms with Crippen LogP contribution in [0.4, 0.5) is 13.2 Å². The van der Waals surface area contributed by atoms with Gasteiger partial charge in [0.1, 0.15) is 6.17 Å². The molecule has 0 amide bonds. The molecule has 104 valence electrons. The summed E-state index contributed by atoms with van der Waals surface area (Å²) in [5.74, 6) is -0.586. The number of carbonyl (C=O) groups excluding carboxylic acids is 1. The summed E-state index contributed by atoms with van der Waals surface area (Å²) in [7, 11) is -3.79. The summed E-state index contributed by atoms with van der Waals surface area (Å²) in [5.41, 5.74) is 0. The van der Waals surface area contributed by atoms with Crippen molar-refractivity contribution in [1.82, 2.24) is 4.31 Å². The zero-order valence-corrected chi connectivity index (χ0v) is 10.3. The Morgan fingerprint density at radius 3 is 2.61 bits per heavy atom. The van der Waals surface area contributed by atoms with Gasteiger partial charge < -0.3 is 0 Å². The van der Waals surface area contributed by atoms with Gasteiger partial charge in [-0.3, -0.25) is 0 Å². The maximum absolute atomic E-state index is 11.9. The number of hydrogen-bond donors (Lipinski definition) is 0. The molecule has 0 radical (unpaired) electrons. The van der Waals surface area contributed by atoms with E-state index in [1.807, 2.05) is 0 Å². The first-order chi connectivity index (χ1) is 8.26. The molecular formula is C9H13F3N2O3S. The average molecular weight is 286 g/mol. The largest absolute Gasteiger partial charge is 0.389 e. The minimum Gasteiger partial charge on any atom is -0.212 e. The molecule has 1 aliphatic heterocycles. The number of hydrogen-bond acceptors (Lipinski definition) is 4. The zero-order valence-electron chi connectivity index (χ0n) is 9.48. The van der Waals surface area contributed by atoms with Crippen molar-refractivity contribution in [2.24, 2.45) is 4.99 Å². The second-order valence-electron chi connectivity index (χ2n) is 3.99. The molecule has 1 rings (SSSR count). The Kier molecular flexibility index (Phi) is 4.89. The lowest BCUT2D eigenvalue weighted by atomic mass is 10.3. The average Bonchev–Trinajstić information content (AvgIpc) is 2.64. The lowest BCUT2D eigenvalue weighted by molar-refractivity contribution is -0.134. The van der Waals surface area contributed by atoms with Crippen molar-refractivity contribution in [2.75, 3.05) is 12.3 Å². The molecule has 0 aliphatic carbocycles. The fourth-order valence-corrected chi connectivity index (χ4v) is 3.48. The number of alkyl halides is 3. The van der Waals surface area contributed by atoms with Gasteiger partial charge in [-0.1, -0.05) is 0 Å². The molecule has 1 saturated heterocycles. The third kappa shape index (κ3) is 4.40. The van der Waals surface area contributed by atoms with Crippen molar-refractivity contribution in [3.63, 3.8) is 0 Å². The Hall–Kier alpha value is -0.920. The van der Waals surface area contributed by atoms with Crippen LogP contribution in [-0.4, -0.2) is 43.4 Å². The highest BCUT2D eigenvalue weighted by Crippen LogP contribution is 2.25. The Bertz CT molecular complexity index is 429. The Morgan fingerprint density at radius 1 is 1.39 bits per heavy atom. The molecule has 0 aromatic heterocycles. The summed E-state index contributed by atoms with van der Waals surface area (Å²) >= 11 is 0. The Labute approximate surface area is 103 Å². The van der Waals surface area contributed by atoms with Gasteiger partial charge >= 0.3 is 6.18 Å². The smallest absolute Gasteiger partial charge is 0.212 e. The second-order valence-corrected chi connectivity index (χ2v) is 6.03. The molecular weight excluding hydrogens is 273 g/mol. The van der Waals surface area contributed by atoms with Gasteiger partial charge in [-0.05, 0) is 19.3 Å². The van der Waals surface area contributed by atoms with Crippen LogP contribution in [-0.2, 0) is 14.8 Å². The van der Waals surface area contributed by atoms with Crippen molar-refractivity contribution in [1.29, 1.82) is 0 Å². The van der Waals surface area contributed by atoms with Crippen molar-refractivity contribution >= 4 is 16.1 Å². The molecule has 0 saturated carbocycles. The van der Waals surface area contributed by atoms with E-state index in [4.69, 9.17) is 0 Å². The molecule has 1 unspecified atom stereocenters. The third-order valence-electron chi connectivity index (χ3n) is 2.59. The van der Waals surface area contributed by atoms with Crippen LogP contribution < -0.4 is 0 Å². The summed E-state index contributed by atoms with van der Waals surface area (Å²) in [6, 6.07) is 0. The van der Waals surface area contributed by atoms with Crippen LogP contribution in [0.2, 0.25) is 0 Å². The van der Waals surface area contributed by atoms with Crippen LogP contribution in [0.3, 0.4) is 0 Å².